The minimum Gasteiger partial charge on any atom is -0.481 e. The highest BCUT2D eigenvalue weighted by molar-refractivity contribution is 7.13. The van der Waals surface area contributed by atoms with E-state index in [4.69, 9.17) is 9.52 Å². The molecule has 0 fully saturated rings. The van der Waals surface area contributed by atoms with Crippen molar-refractivity contribution in [2.75, 3.05) is 0 Å². The van der Waals surface area contributed by atoms with E-state index in [0.717, 1.165) is 16.3 Å². The summed E-state index contributed by atoms with van der Waals surface area (Å²) in [5.41, 5.74) is 1.73. The molecule has 2 aromatic heterocycles. The molecule has 1 aromatic carbocycles. The number of carboxylic acids is 1. The topological polar surface area (TPSA) is 92.4 Å². The van der Waals surface area contributed by atoms with E-state index in [1.54, 1.807) is 0 Å². The van der Waals surface area contributed by atoms with E-state index in [9.17, 15) is 9.59 Å². The van der Waals surface area contributed by atoms with Crippen LogP contribution in [0.5, 0.6) is 0 Å². The zero-order chi connectivity index (χ0) is 19.9. The monoisotopic (exact) mass is 398 g/mol. The standard InChI is InChI=1S/C21H22N2O4S/c1-14-7-9-18(27-14)21-23-17(13-28-21)12-19(24)22-16(8-10-20(25)26)11-15-5-3-2-4-6-15/h2-7,9,13,16H,8,10-12H2,1H3,(H,22,24)(H,25,26). The number of rotatable bonds is 9. The van der Waals surface area contributed by atoms with Gasteiger partial charge in [0.25, 0.3) is 0 Å². The van der Waals surface area contributed by atoms with Crippen LogP contribution in [0.15, 0.2) is 52.3 Å². The Balaban J connectivity index is 1.61. The van der Waals surface area contributed by atoms with Crippen LogP contribution in [0.4, 0.5) is 0 Å². The maximum Gasteiger partial charge on any atom is 0.303 e. The highest BCUT2D eigenvalue weighted by atomic mass is 32.1. The second-order valence-electron chi connectivity index (χ2n) is 6.62. The molecule has 1 unspecified atom stereocenters. The van der Waals surface area contributed by atoms with E-state index in [1.165, 1.54) is 11.3 Å². The van der Waals surface area contributed by atoms with Crippen LogP contribution in [-0.4, -0.2) is 28.0 Å². The molecule has 0 aliphatic carbocycles. The smallest absolute Gasteiger partial charge is 0.303 e. The second kappa shape index (κ2) is 9.32. The number of thiazole rings is 1. The molecular weight excluding hydrogens is 376 g/mol. The molecule has 7 heteroatoms. The van der Waals surface area contributed by atoms with Gasteiger partial charge in [0.1, 0.15) is 5.76 Å². The Hall–Kier alpha value is -2.93. The molecule has 0 radical (unpaired) electrons. The number of aryl methyl sites for hydroxylation is 1. The number of furan rings is 1. The number of carbonyl (C=O) groups is 2. The van der Waals surface area contributed by atoms with E-state index >= 15 is 0 Å². The van der Waals surface area contributed by atoms with Crippen molar-refractivity contribution in [1.29, 1.82) is 0 Å². The number of aliphatic carboxylic acids is 1. The maximum absolute atomic E-state index is 12.5. The van der Waals surface area contributed by atoms with Gasteiger partial charge in [-0.25, -0.2) is 4.98 Å². The Kier molecular flexibility index (Phi) is 6.60. The van der Waals surface area contributed by atoms with Gasteiger partial charge in [-0.3, -0.25) is 9.59 Å². The minimum atomic E-state index is -0.870. The average molecular weight is 398 g/mol. The lowest BCUT2D eigenvalue weighted by Crippen LogP contribution is -2.37. The van der Waals surface area contributed by atoms with Gasteiger partial charge in [0, 0.05) is 17.8 Å². The van der Waals surface area contributed by atoms with Crippen LogP contribution >= 0.6 is 11.3 Å². The summed E-state index contributed by atoms with van der Waals surface area (Å²) in [7, 11) is 0. The Morgan fingerprint density at radius 1 is 1.21 bits per heavy atom. The van der Waals surface area contributed by atoms with Gasteiger partial charge in [0.15, 0.2) is 10.8 Å². The molecule has 0 saturated heterocycles. The molecule has 146 valence electrons. The van der Waals surface area contributed by atoms with Crippen LogP contribution in [0, 0.1) is 6.92 Å². The summed E-state index contributed by atoms with van der Waals surface area (Å²) in [6.45, 7) is 1.87. The fourth-order valence-corrected chi connectivity index (χ4v) is 3.70. The van der Waals surface area contributed by atoms with Gasteiger partial charge in [-0.2, -0.15) is 0 Å². The Bertz CT molecular complexity index is 933. The Morgan fingerprint density at radius 3 is 2.68 bits per heavy atom. The molecule has 1 atom stereocenters. The number of amides is 1. The lowest BCUT2D eigenvalue weighted by molar-refractivity contribution is -0.137. The lowest BCUT2D eigenvalue weighted by Gasteiger charge is -2.18. The van der Waals surface area contributed by atoms with Crippen molar-refractivity contribution in [1.82, 2.24) is 10.3 Å². The average Bonchev–Trinajstić information content (AvgIpc) is 3.29. The van der Waals surface area contributed by atoms with Crippen LogP contribution in [-0.2, 0) is 22.4 Å². The molecule has 0 aliphatic heterocycles. The third-order valence-electron chi connectivity index (χ3n) is 4.24. The van der Waals surface area contributed by atoms with E-state index in [-0.39, 0.29) is 24.8 Å². The first kappa shape index (κ1) is 19.8. The molecule has 3 rings (SSSR count). The molecule has 3 aromatic rings. The first-order chi connectivity index (χ1) is 13.5. The van der Waals surface area contributed by atoms with Crippen molar-refractivity contribution >= 4 is 23.2 Å². The van der Waals surface area contributed by atoms with E-state index in [2.05, 4.69) is 10.3 Å². The van der Waals surface area contributed by atoms with Gasteiger partial charge in [0.05, 0.1) is 12.1 Å². The second-order valence-corrected chi connectivity index (χ2v) is 7.48. The number of nitrogens with one attached hydrogen (secondary N) is 1. The summed E-state index contributed by atoms with van der Waals surface area (Å²) in [6, 6.07) is 13.2. The zero-order valence-electron chi connectivity index (χ0n) is 15.6. The molecule has 2 N–H and O–H groups in total. The summed E-state index contributed by atoms with van der Waals surface area (Å²) < 4.78 is 5.56. The summed E-state index contributed by atoms with van der Waals surface area (Å²) in [5, 5.41) is 14.5. The van der Waals surface area contributed by atoms with Crippen molar-refractivity contribution in [2.24, 2.45) is 0 Å². The summed E-state index contributed by atoms with van der Waals surface area (Å²) in [4.78, 5) is 27.9. The van der Waals surface area contributed by atoms with Crippen molar-refractivity contribution in [2.45, 2.75) is 38.6 Å². The van der Waals surface area contributed by atoms with E-state index in [0.29, 0.717) is 24.3 Å². The number of hydrogen-bond acceptors (Lipinski definition) is 5. The van der Waals surface area contributed by atoms with Gasteiger partial charge in [-0.05, 0) is 37.5 Å². The van der Waals surface area contributed by atoms with Crippen LogP contribution in [0.3, 0.4) is 0 Å². The number of carboxylic acid groups (broad SMARTS) is 1. The molecular formula is C21H22N2O4S. The predicted molar refractivity (Wildman–Crippen MR) is 107 cm³/mol. The summed E-state index contributed by atoms with van der Waals surface area (Å²) >= 11 is 1.43. The molecule has 0 saturated carbocycles. The maximum atomic E-state index is 12.5. The highest BCUT2D eigenvalue weighted by Gasteiger charge is 2.17. The number of hydrogen-bond donors (Lipinski definition) is 2. The Labute approximate surface area is 167 Å². The molecule has 2 heterocycles. The zero-order valence-corrected chi connectivity index (χ0v) is 16.4. The first-order valence-corrected chi connectivity index (χ1v) is 9.94. The fourth-order valence-electron chi connectivity index (χ4n) is 2.92. The molecule has 0 aliphatic rings. The van der Waals surface area contributed by atoms with Crippen LogP contribution in [0.25, 0.3) is 10.8 Å². The van der Waals surface area contributed by atoms with Gasteiger partial charge < -0.3 is 14.8 Å². The quantitative estimate of drug-likeness (QED) is 0.571. The third-order valence-corrected chi connectivity index (χ3v) is 5.15. The SMILES string of the molecule is Cc1ccc(-c2nc(CC(=O)NC(CCC(=O)O)Cc3ccccc3)cs2)o1. The predicted octanol–water partition coefficient (Wildman–Crippen LogP) is 3.85. The van der Waals surface area contributed by atoms with Crippen molar-refractivity contribution in [3.05, 3.63) is 64.9 Å². The lowest BCUT2D eigenvalue weighted by atomic mass is 10.0. The molecule has 0 bridgehead atoms. The normalized spacial score (nSPS) is 11.9. The van der Waals surface area contributed by atoms with Crippen molar-refractivity contribution in [3.8, 4) is 10.8 Å². The third kappa shape index (κ3) is 5.79. The largest absolute Gasteiger partial charge is 0.481 e. The van der Waals surface area contributed by atoms with Gasteiger partial charge >= 0.3 is 5.97 Å². The summed E-state index contributed by atoms with van der Waals surface area (Å²) in [5.74, 6) is 0.466. The molecule has 1 amide bonds. The minimum absolute atomic E-state index is 0.0104. The molecule has 28 heavy (non-hydrogen) atoms. The summed E-state index contributed by atoms with van der Waals surface area (Å²) in [6.07, 6.45) is 1.13. The van der Waals surface area contributed by atoms with Gasteiger partial charge in [-0.15, -0.1) is 11.3 Å². The first-order valence-electron chi connectivity index (χ1n) is 9.06. The number of aromatic nitrogens is 1. The highest BCUT2D eigenvalue weighted by Crippen LogP contribution is 2.25. The van der Waals surface area contributed by atoms with Crippen molar-refractivity contribution in [3.63, 3.8) is 0 Å². The van der Waals surface area contributed by atoms with Gasteiger partial charge in [0.2, 0.25) is 5.91 Å². The van der Waals surface area contributed by atoms with E-state index < -0.39 is 5.97 Å². The van der Waals surface area contributed by atoms with Crippen molar-refractivity contribution < 1.29 is 19.1 Å². The number of benzene rings is 1. The van der Waals surface area contributed by atoms with Gasteiger partial charge in [-0.1, -0.05) is 30.3 Å². The number of carbonyl (C=O) groups excluding carboxylic acids is 1. The van der Waals surface area contributed by atoms with Crippen LogP contribution in [0.2, 0.25) is 0 Å². The number of nitrogens with zero attached hydrogens (tertiary/aromatic N) is 1. The van der Waals surface area contributed by atoms with Crippen LogP contribution < -0.4 is 5.32 Å². The Morgan fingerprint density at radius 2 is 2.00 bits per heavy atom. The van der Waals surface area contributed by atoms with E-state index in [1.807, 2.05) is 54.8 Å². The fraction of sp³-hybridized carbons (Fsp3) is 0.286. The molecule has 6 nitrogen and oxygen atoms in total. The van der Waals surface area contributed by atoms with Crippen LogP contribution in [0.1, 0.15) is 29.9 Å². The molecule has 0 spiro atoms.